The highest BCUT2D eigenvalue weighted by atomic mass is 16.5. The molecule has 0 saturated heterocycles. The molecule has 0 saturated carbocycles. The third-order valence-corrected chi connectivity index (χ3v) is 2.41. The van der Waals surface area contributed by atoms with Crippen LogP contribution in [-0.2, 0) is 13.0 Å². The number of aryl methyl sites for hydroxylation is 1. The van der Waals surface area contributed by atoms with Gasteiger partial charge in [0.05, 0.1) is 12.3 Å². The molecule has 4 nitrogen and oxygen atoms in total. The van der Waals surface area contributed by atoms with Crippen molar-refractivity contribution in [2.75, 3.05) is 0 Å². The van der Waals surface area contributed by atoms with E-state index in [0.29, 0.717) is 11.6 Å². The van der Waals surface area contributed by atoms with Gasteiger partial charge in [0.25, 0.3) is 0 Å². The van der Waals surface area contributed by atoms with Crippen molar-refractivity contribution >= 4 is 0 Å². The van der Waals surface area contributed by atoms with Crippen LogP contribution in [-0.4, -0.2) is 15.3 Å². The van der Waals surface area contributed by atoms with Gasteiger partial charge in [-0.1, -0.05) is 19.1 Å². The Kier molecular flexibility index (Phi) is 3.67. The first kappa shape index (κ1) is 11.5. The van der Waals surface area contributed by atoms with Crippen LogP contribution in [0.3, 0.4) is 0 Å². The van der Waals surface area contributed by atoms with Crippen LogP contribution in [0.15, 0.2) is 36.4 Å². The second-order valence-corrected chi connectivity index (χ2v) is 3.62. The SMILES string of the molecule is CCc1ccc(Oc2ccc(CO)nn2)cc1. The minimum absolute atomic E-state index is 0.113. The number of aliphatic hydroxyl groups excluding tert-OH is 1. The monoisotopic (exact) mass is 230 g/mol. The quantitative estimate of drug-likeness (QED) is 0.875. The zero-order valence-electron chi connectivity index (χ0n) is 9.63. The van der Waals surface area contributed by atoms with E-state index in [1.165, 1.54) is 5.56 Å². The molecular formula is C13H14N2O2. The number of nitrogens with zero attached hydrogens (tertiary/aromatic N) is 2. The highest BCUT2D eigenvalue weighted by molar-refractivity contribution is 5.30. The molecule has 2 aromatic rings. The van der Waals surface area contributed by atoms with Crippen LogP contribution in [0, 0.1) is 0 Å². The van der Waals surface area contributed by atoms with Crippen molar-refractivity contribution in [2.24, 2.45) is 0 Å². The zero-order valence-corrected chi connectivity index (χ0v) is 9.63. The maximum absolute atomic E-state index is 8.83. The van der Waals surface area contributed by atoms with Gasteiger partial charge in [0.1, 0.15) is 5.75 Å². The number of ether oxygens (including phenoxy) is 1. The van der Waals surface area contributed by atoms with Crippen LogP contribution < -0.4 is 4.74 Å². The van der Waals surface area contributed by atoms with Gasteiger partial charge in [0, 0.05) is 6.07 Å². The van der Waals surface area contributed by atoms with Crippen molar-refractivity contribution in [3.63, 3.8) is 0 Å². The normalized spacial score (nSPS) is 10.2. The molecule has 2 rings (SSSR count). The van der Waals surface area contributed by atoms with E-state index in [-0.39, 0.29) is 6.61 Å². The van der Waals surface area contributed by atoms with Gasteiger partial charge < -0.3 is 9.84 Å². The maximum atomic E-state index is 8.83. The summed E-state index contributed by atoms with van der Waals surface area (Å²) in [6, 6.07) is 11.2. The lowest BCUT2D eigenvalue weighted by atomic mass is 10.2. The fraction of sp³-hybridized carbons (Fsp3) is 0.231. The van der Waals surface area contributed by atoms with Crippen molar-refractivity contribution in [1.29, 1.82) is 0 Å². The second-order valence-electron chi connectivity index (χ2n) is 3.62. The smallest absolute Gasteiger partial charge is 0.238 e. The molecule has 1 aromatic heterocycles. The molecule has 88 valence electrons. The van der Waals surface area contributed by atoms with E-state index in [1.54, 1.807) is 12.1 Å². The summed E-state index contributed by atoms with van der Waals surface area (Å²) in [5.41, 5.74) is 1.79. The predicted octanol–water partition coefficient (Wildman–Crippen LogP) is 2.32. The van der Waals surface area contributed by atoms with Gasteiger partial charge in [-0.3, -0.25) is 0 Å². The van der Waals surface area contributed by atoms with Gasteiger partial charge in [0.2, 0.25) is 5.88 Å². The van der Waals surface area contributed by atoms with Gasteiger partial charge in [0.15, 0.2) is 0 Å². The summed E-state index contributed by atoms with van der Waals surface area (Å²) in [7, 11) is 0. The van der Waals surface area contributed by atoms with Crippen molar-refractivity contribution in [3.05, 3.63) is 47.7 Å². The Morgan fingerprint density at radius 1 is 1.06 bits per heavy atom. The van der Waals surface area contributed by atoms with E-state index in [1.807, 2.05) is 24.3 Å². The minimum Gasteiger partial charge on any atom is -0.438 e. The van der Waals surface area contributed by atoms with Gasteiger partial charge in [-0.25, -0.2) is 0 Å². The lowest BCUT2D eigenvalue weighted by molar-refractivity contribution is 0.274. The average Bonchev–Trinajstić information content (AvgIpc) is 2.40. The van der Waals surface area contributed by atoms with Crippen LogP contribution in [0.2, 0.25) is 0 Å². The highest BCUT2D eigenvalue weighted by Crippen LogP contribution is 2.19. The number of hydrogen-bond donors (Lipinski definition) is 1. The third-order valence-electron chi connectivity index (χ3n) is 2.41. The molecule has 0 aliphatic heterocycles. The lowest BCUT2D eigenvalue weighted by Crippen LogP contribution is -1.94. The lowest BCUT2D eigenvalue weighted by Gasteiger charge is -2.04. The summed E-state index contributed by atoms with van der Waals surface area (Å²) in [4.78, 5) is 0. The standard InChI is InChI=1S/C13H14N2O2/c1-2-10-3-6-12(7-4-10)17-13-8-5-11(9-16)14-15-13/h3-8,16H,2,9H2,1H3. The molecule has 0 unspecified atom stereocenters. The molecule has 0 fully saturated rings. The van der Waals surface area contributed by atoms with Gasteiger partial charge in [-0.05, 0) is 30.2 Å². The molecule has 0 bridgehead atoms. The van der Waals surface area contributed by atoms with E-state index < -0.39 is 0 Å². The first-order valence-electron chi connectivity index (χ1n) is 5.52. The summed E-state index contributed by atoms with van der Waals surface area (Å²) in [6.07, 6.45) is 1.01. The number of aliphatic hydroxyl groups is 1. The minimum atomic E-state index is -0.113. The second kappa shape index (κ2) is 5.41. The Balaban J connectivity index is 2.08. The Morgan fingerprint density at radius 2 is 1.82 bits per heavy atom. The van der Waals surface area contributed by atoms with E-state index in [0.717, 1.165) is 12.2 Å². The van der Waals surface area contributed by atoms with Crippen molar-refractivity contribution in [3.8, 4) is 11.6 Å². The van der Waals surface area contributed by atoms with Gasteiger partial charge in [-0.2, -0.15) is 0 Å². The third kappa shape index (κ3) is 3.01. The molecule has 0 amide bonds. The Bertz CT molecular complexity index is 420. The van der Waals surface area contributed by atoms with Gasteiger partial charge >= 0.3 is 0 Å². The predicted molar refractivity (Wildman–Crippen MR) is 63.8 cm³/mol. The van der Waals surface area contributed by atoms with Crippen LogP contribution in [0.25, 0.3) is 0 Å². The molecule has 1 heterocycles. The largest absolute Gasteiger partial charge is 0.438 e. The summed E-state index contributed by atoms with van der Waals surface area (Å²) in [5.74, 6) is 1.15. The molecule has 4 heteroatoms. The number of aromatic nitrogens is 2. The van der Waals surface area contributed by atoms with Crippen molar-refractivity contribution in [2.45, 2.75) is 20.0 Å². The zero-order chi connectivity index (χ0) is 12.1. The van der Waals surface area contributed by atoms with E-state index in [2.05, 4.69) is 17.1 Å². The summed E-state index contributed by atoms with van der Waals surface area (Å²) in [5, 5.41) is 16.5. The summed E-state index contributed by atoms with van der Waals surface area (Å²) < 4.78 is 5.52. The average molecular weight is 230 g/mol. The van der Waals surface area contributed by atoms with Crippen LogP contribution in [0.1, 0.15) is 18.2 Å². The molecular weight excluding hydrogens is 216 g/mol. The molecule has 0 spiro atoms. The molecule has 0 aliphatic carbocycles. The van der Waals surface area contributed by atoms with E-state index >= 15 is 0 Å². The summed E-state index contributed by atoms with van der Waals surface area (Å²) >= 11 is 0. The Hall–Kier alpha value is -1.94. The van der Waals surface area contributed by atoms with E-state index in [4.69, 9.17) is 9.84 Å². The molecule has 0 atom stereocenters. The fourth-order valence-electron chi connectivity index (χ4n) is 1.40. The molecule has 0 aliphatic rings. The first-order chi connectivity index (χ1) is 8.31. The number of hydrogen-bond acceptors (Lipinski definition) is 4. The van der Waals surface area contributed by atoms with E-state index in [9.17, 15) is 0 Å². The maximum Gasteiger partial charge on any atom is 0.238 e. The van der Waals surface area contributed by atoms with Gasteiger partial charge in [-0.15, -0.1) is 10.2 Å². The highest BCUT2D eigenvalue weighted by Gasteiger charge is 2.00. The fourth-order valence-corrected chi connectivity index (χ4v) is 1.40. The van der Waals surface area contributed by atoms with Crippen molar-refractivity contribution < 1.29 is 9.84 Å². The first-order valence-corrected chi connectivity index (χ1v) is 5.52. The molecule has 1 aromatic carbocycles. The topological polar surface area (TPSA) is 55.2 Å². The van der Waals surface area contributed by atoms with Crippen LogP contribution >= 0.6 is 0 Å². The molecule has 17 heavy (non-hydrogen) atoms. The number of rotatable bonds is 4. The van der Waals surface area contributed by atoms with Crippen molar-refractivity contribution in [1.82, 2.24) is 10.2 Å². The number of benzene rings is 1. The Labute approximate surface area is 99.9 Å². The molecule has 0 radical (unpaired) electrons. The Morgan fingerprint density at radius 3 is 2.35 bits per heavy atom. The molecule has 1 N–H and O–H groups in total. The van der Waals surface area contributed by atoms with Crippen LogP contribution in [0.5, 0.6) is 11.6 Å². The summed E-state index contributed by atoms with van der Waals surface area (Å²) in [6.45, 7) is 1.99. The van der Waals surface area contributed by atoms with Crippen LogP contribution in [0.4, 0.5) is 0 Å².